The van der Waals surface area contributed by atoms with E-state index in [0.717, 1.165) is 43.6 Å². The van der Waals surface area contributed by atoms with Gasteiger partial charge in [-0.15, -0.1) is 0 Å². The molecular formula is C25H16ClN3O3. The third-order valence-electron chi connectivity index (χ3n) is 6.71. The van der Waals surface area contributed by atoms with Gasteiger partial charge in [-0.25, -0.2) is 0 Å². The molecule has 3 heterocycles. The second-order valence-corrected chi connectivity index (χ2v) is 8.90. The van der Waals surface area contributed by atoms with Crippen molar-refractivity contribution in [3.05, 3.63) is 70.8 Å². The SMILES string of the molecule is O=C1NC(=O)c2c1c1c3ccccc3[nH]c1c1c2c2ccc(Cl)cc2n1C1C=C[C@H](O)C1. The number of fused-ring (bicyclic) bond motifs is 10. The van der Waals surface area contributed by atoms with E-state index in [1.54, 1.807) is 12.1 Å². The molecule has 0 bridgehead atoms. The van der Waals surface area contributed by atoms with E-state index >= 15 is 0 Å². The molecule has 3 N–H and O–H groups in total. The molecule has 1 aliphatic heterocycles. The molecule has 2 aliphatic rings. The number of hydrogen-bond donors (Lipinski definition) is 3. The van der Waals surface area contributed by atoms with Gasteiger partial charge in [-0.3, -0.25) is 14.9 Å². The average molecular weight is 442 g/mol. The van der Waals surface area contributed by atoms with Crippen molar-refractivity contribution in [2.45, 2.75) is 18.6 Å². The van der Waals surface area contributed by atoms with E-state index in [0.29, 0.717) is 22.6 Å². The summed E-state index contributed by atoms with van der Waals surface area (Å²) in [5.41, 5.74) is 4.19. The van der Waals surface area contributed by atoms with Crippen LogP contribution in [-0.4, -0.2) is 32.6 Å². The molecule has 5 aromatic rings. The van der Waals surface area contributed by atoms with Gasteiger partial charge in [-0.05, 0) is 18.2 Å². The number of nitrogens with one attached hydrogen (secondary N) is 2. The predicted molar refractivity (Wildman–Crippen MR) is 124 cm³/mol. The molecule has 156 valence electrons. The van der Waals surface area contributed by atoms with Gasteiger partial charge in [0.2, 0.25) is 0 Å². The third kappa shape index (κ3) is 2.13. The van der Waals surface area contributed by atoms with Gasteiger partial charge in [0, 0.05) is 38.5 Å². The molecule has 0 spiro atoms. The van der Waals surface area contributed by atoms with Gasteiger partial charge in [-0.2, -0.15) is 0 Å². The Bertz CT molecular complexity index is 1710. The van der Waals surface area contributed by atoms with Crippen molar-refractivity contribution < 1.29 is 14.7 Å². The maximum atomic E-state index is 13.1. The van der Waals surface area contributed by atoms with Crippen molar-refractivity contribution in [3.63, 3.8) is 0 Å². The largest absolute Gasteiger partial charge is 0.389 e. The van der Waals surface area contributed by atoms with Crippen LogP contribution in [0.1, 0.15) is 33.2 Å². The Morgan fingerprint density at radius 2 is 1.75 bits per heavy atom. The first kappa shape index (κ1) is 18.0. The van der Waals surface area contributed by atoms with Crippen LogP contribution in [0, 0.1) is 0 Å². The van der Waals surface area contributed by atoms with Crippen LogP contribution in [0.15, 0.2) is 54.6 Å². The lowest BCUT2D eigenvalue weighted by Gasteiger charge is -2.16. The number of aliphatic hydroxyl groups is 1. The summed E-state index contributed by atoms with van der Waals surface area (Å²) in [6.07, 6.45) is 3.76. The predicted octanol–water partition coefficient (Wildman–Crippen LogP) is 4.83. The van der Waals surface area contributed by atoms with Crippen molar-refractivity contribution in [2.75, 3.05) is 0 Å². The summed E-state index contributed by atoms with van der Waals surface area (Å²) >= 11 is 6.38. The molecule has 32 heavy (non-hydrogen) atoms. The van der Waals surface area contributed by atoms with Crippen molar-refractivity contribution in [2.24, 2.45) is 0 Å². The normalized spacial score (nSPS) is 20.3. The Hall–Kier alpha value is -3.61. The molecule has 7 rings (SSSR count). The van der Waals surface area contributed by atoms with Gasteiger partial charge in [0.25, 0.3) is 11.8 Å². The Balaban J connectivity index is 1.81. The quantitative estimate of drug-likeness (QED) is 0.257. The zero-order valence-corrected chi connectivity index (χ0v) is 17.4. The van der Waals surface area contributed by atoms with Gasteiger partial charge in [0.15, 0.2) is 0 Å². The number of amides is 2. The van der Waals surface area contributed by atoms with Gasteiger partial charge in [0.05, 0.1) is 39.8 Å². The van der Waals surface area contributed by atoms with Crippen LogP contribution in [0.2, 0.25) is 5.02 Å². The molecule has 0 saturated heterocycles. The highest BCUT2D eigenvalue weighted by Crippen LogP contribution is 2.46. The number of halogens is 1. The average Bonchev–Trinajstić information content (AvgIpc) is 3.50. The number of aromatic amines is 1. The van der Waals surface area contributed by atoms with E-state index in [4.69, 9.17) is 11.6 Å². The number of nitrogens with zero attached hydrogens (tertiary/aromatic N) is 1. The van der Waals surface area contributed by atoms with Crippen molar-refractivity contribution >= 4 is 67.0 Å². The summed E-state index contributed by atoms with van der Waals surface area (Å²) in [6.45, 7) is 0. The van der Waals surface area contributed by atoms with Gasteiger partial charge >= 0.3 is 0 Å². The molecule has 6 nitrogen and oxygen atoms in total. The molecule has 2 atom stereocenters. The second kappa shape index (κ2) is 6.00. The van der Waals surface area contributed by atoms with E-state index in [1.807, 2.05) is 42.5 Å². The van der Waals surface area contributed by atoms with Crippen LogP contribution in [0.25, 0.3) is 43.6 Å². The fraction of sp³-hybridized carbons (Fsp3) is 0.120. The number of imide groups is 1. The molecule has 0 radical (unpaired) electrons. The summed E-state index contributed by atoms with van der Waals surface area (Å²) in [5, 5.41) is 16.5. The smallest absolute Gasteiger partial charge is 0.259 e. The Kier molecular flexibility index (Phi) is 3.38. The molecule has 2 amide bonds. The summed E-state index contributed by atoms with van der Waals surface area (Å²) < 4.78 is 2.14. The number of aromatic nitrogens is 2. The first-order valence-electron chi connectivity index (χ1n) is 10.4. The maximum absolute atomic E-state index is 13.1. The molecule has 7 heteroatoms. The van der Waals surface area contributed by atoms with E-state index in [2.05, 4.69) is 14.9 Å². The molecule has 0 fully saturated rings. The van der Waals surface area contributed by atoms with E-state index in [-0.39, 0.29) is 11.9 Å². The second-order valence-electron chi connectivity index (χ2n) is 8.46. The fourth-order valence-electron chi connectivity index (χ4n) is 5.49. The number of allylic oxidation sites excluding steroid dienone is 1. The maximum Gasteiger partial charge on any atom is 0.259 e. The molecule has 0 saturated carbocycles. The Morgan fingerprint density at radius 1 is 0.969 bits per heavy atom. The minimum Gasteiger partial charge on any atom is -0.389 e. The summed E-state index contributed by atoms with van der Waals surface area (Å²) in [6, 6.07) is 13.2. The van der Waals surface area contributed by atoms with Gasteiger partial charge in [0.1, 0.15) is 0 Å². The number of hydrogen-bond acceptors (Lipinski definition) is 3. The Morgan fingerprint density at radius 3 is 2.53 bits per heavy atom. The minimum absolute atomic E-state index is 0.115. The molecule has 1 aliphatic carbocycles. The van der Waals surface area contributed by atoms with Crippen molar-refractivity contribution in [3.8, 4) is 0 Å². The third-order valence-corrected chi connectivity index (χ3v) is 6.95. The zero-order valence-electron chi connectivity index (χ0n) is 16.6. The number of carbonyl (C=O) groups is 2. The Labute approximate surface area is 186 Å². The van der Waals surface area contributed by atoms with Crippen LogP contribution in [0.3, 0.4) is 0 Å². The number of rotatable bonds is 1. The van der Waals surface area contributed by atoms with Gasteiger partial charge in [-0.1, -0.05) is 48.0 Å². The highest BCUT2D eigenvalue weighted by Gasteiger charge is 2.36. The minimum atomic E-state index is -0.538. The molecular weight excluding hydrogens is 426 g/mol. The fourth-order valence-corrected chi connectivity index (χ4v) is 5.66. The van der Waals surface area contributed by atoms with Crippen LogP contribution in [-0.2, 0) is 0 Å². The monoisotopic (exact) mass is 441 g/mol. The first-order valence-corrected chi connectivity index (χ1v) is 10.8. The van der Waals surface area contributed by atoms with Crippen LogP contribution in [0.5, 0.6) is 0 Å². The van der Waals surface area contributed by atoms with Crippen molar-refractivity contribution in [1.29, 1.82) is 0 Å². The van der Waals surface area contributed by atoms with E-state index in [9.17, 15) is 14.7 Å². The lowest BCUT2D eigenvalue weighted by atomic mass is 9.96. The number of carbonyl (C=O) groups excluding carboxylic acids is 2. The summed E-state index contributed by atoms with van der Waals surface area (Å²) in [4.78, 5) is 29.5. The molecule has 1 unspecified atom stereocenters. The first-order chi connectivity index (χ1) is 15.5. The lowest BCUT2D eigenvalue weighted by molar-refractivity contribution is 0.0880. The van der Waals surface area contributed by atoms with E-state index in [1.165, 1.54) is 0 Å². The highest BCUT2D eigenvalue weighted by molar-refractivity contribution is 6.39. The summed E-state index contributed by atoms with van der Waals surface area (Å²) in [5.74, 6) is -0.772. The van der Waals surface area contributed by atoms with Crippen LogP contribution in [0.4, 0.5) is 0 Å². The lowest BCUT2D eigenvalue weighted by Crippen LogP contribution is -2.20. The van der Waals surface area contributed by atoms with E-state index < -0.39 is 12.0 Å². The van der Waals surface area contributed by atoms with Crippen molar-refractivity contribution in [1.82, 2.24) is 14.9 Å². The summed E-state index contributed by atoms with van der Waals surface area (Å²) in [7, 11) is 0. The number of aliphatic hydroxyl groups excluding tert-OH is 1. The van der Waals surface area contributed by atoms with Gasteiger partial charge < -0.3 is 14.7 Å². The van der Waals surface area contributed by atoms with Crippen LogP contribution < -0.4 is 5.32 Å². The number of para-hydroxylation sites is 1. The standard InChI is InChI=1S/C25H16ClN3O3/c26-11-5-8-15-17(9-11)29(12-6-7-13(30)10-12)23-19(15)21-20(24(31)28-25(21)32)18-14-3-1-2-4-16(14)27-22(18)23/h1-9,12-13,27,30H,10H2,(H,28,31,32)/t12?,13-/m0/s1. The van der Waals surface area contributed by atoms with Crippen LogP contribution >= 0.6 is 11.6 Å². The zero-order chi connectivity index (χ0) is 21.7. The topological polar surface area (TPSA) is 87.1 Å². The number of benzene rings is 3. The molecule has 3 aromatic carbocycles. The number of H-pyrrole nitrogens is 1. The highest BCUT2D eigenvalue weighted by atomic mass is 35.5. The molecule has 2 aromatic heterocycles.